The van der Waals surface area contributed by atoms with Crippen LogP contribution < -0.4 is 20.1 Å². The van der Waals surface area contributed by atoms with E-state index in [1.807, 2.05) is 67.6 Å². The number of amides is 4. The van der Waals surface area contributed by atoms with E-state index in [0.717, 1.165) is 60.6 Å². The van der Waals surface area contributed by atoms with E-state index in [4.69, 9.17) is 19.6 Å². The molecule has 15 nitrogen and oxygen atoms in total. The summed E-state index contributed by atoms with van der Waals surface area (Å²) in [6.07, 6.45) is 10.1. The Kier molecular flexibility index (Phi) is 10.8. The van der Waals surface area contributed by atoms with Gasteiger partial charge in [0.15, 0.2) is 5.65 Å². The van der Waals surface area contributed by atoms with Crippen molar-refractivity contribution in [1.82, 2.24) is 34.9 Å². The number of benzene rings is 2. The number of nitrogens with one attached hydrogen (secondary N) is 3. The van der Waals surface area contributed by atoms with Crippen LogP contribution in [0.1, 0.15) is 89.0 Å². The highest BCUT2D eigenvalue weighted by Crippen LogP contribution is 2.46. The largest absolute Gasteiger partial charge is 0.472 e. The first-order valence-electron chi connectivity index (χ1n) is 21.3. The number of aryl methyl sites for hydroxylation is 1. The number of alkyl carbamates (subject to hydrolysis) is 1. The van der Waals surface area contributed by atoms with Crippen molar-refractivity contribution in [3.63, 3.8) is 0 Å². The molecule has 3 aliphatic carbocycles. The summed E-state index contributed by atoms with van der Waals surface area (Å²) in [5.74, 6) is -1.94. The van der Waals surface area contributed by atoms with E-state index in [2.05, 4.69) is 15.4 Å². The van der Waals surface area contributed by atoms with Crippen LogP contribution in [-0.4, -0.2) is 93.4 Å². The van der Waals surface area contributed by atoms with E-state index in [0.29, 0.717) is 49.3 Å². The van der Waals surface area contributed by atoms with Crippen molar-refractivity contribution in [3.05, 3.63) is 72.3 Å². The second kappa shape index (κ2) is 16.2. The Hall–Kier alpha value is -5.51. The molecule has 4 aromatic rings. The van der Waals surface area contributed by atoms with Gasteiger partial charge in [-0.1, -0.05) is 67.5 Å². The summed E-state index contributed by atoms with van der Waals surface area (Å²) in [5.41, 5.74) is 2.30. The Bertz CT molecular complexity index is 2460. The molecule has 0 radical (unpaired) electrons. The van der Waals surface area contributed by atoms with Gasteiger partial charge in [0.05, 0.1) is 23.0 Å². The van der Waals surface area contributed by atoms with E-state index in [1.165, 1.54) is 4.90 Å². The van der Waals surface area contributed by atoms with Crippen molar-refractivity contribution >= 4 is 50.4 Å². The van der Waals surface area contributed by atoms with Gasteiger partial charge in [-0.2, -0.15) is 9.61 Å². The van der Waals surface area contributed by atoms with Crippen molar-refractivity contribution in [3.8, 4) is 17.1 Å². The van der Waals surface area contributed by atoms with Crippen LogP contribution >= 0.6 is 0 Å². The van der Waals surface area contributed by atoms with Crippen LogP contribution in [0, 0.1) is 12.8 Å². The number of hydrogen-bond donors (Lipinski definition) is 3. The van der Waals surface area contributed by atoms with Crippen LogP contribution in [0.2, 0.25) is 0 Å². The van der Waals surface area contributed by atoms with Gasteiger partial charge < -0.3 is 25.0 Å². The van der Waals surface area contributed by atoms with Gasteiger partial charge in [0.2, 0.25) is 27.7 Å². The molecule has 0 unspecified atom stereocenters. The molecule has 5 atom stereocenters. The number of aromatic nitrogens is 3. The Labute approximate surface area is 348 Å². The number of carbonyl (C=O) groups is 4. The molecule has 5 aliphatic rings. The van der Waals surface area contributed by atoms with Crippen molar-refractivity contribution < 1.29 is 37.1 Å². The highest BCUT2D eigenvalue weighted by molar-refractivity contribution is 7.91. The minimum atomic E-state index is -3.91. The molecule has 0 spiro atoms. The Morgan fingerprint density at radius 3 is 2.50 bits per heavy atom. The number of ether oxygens (including phenoxy) is 2. The summed E-state index contributed by atoms with van der Waals surface area (Å²) in [5, 5.41) is 10.9. The molecule has 4 heterocycles. The number of allylic oxidation sites excluding steroid dienone is 1. The number of rotatable bonds is 8. The molecule has 60 heavy (non-hydrogen) atoms. The molecule has 2 aliphatic heterocycles. The SMILES string of the molecule is Cc1cccc2nn3c(O[C@@H]4C[C@H]5C(=O)N[C@]6(C(=O)NS(=O)(=O)C7CC7)C[C@H]6/C=C\CCCCC[C@H](NC(=O)OC6CCCC6)C(=O)N5C4)cc(-c4ccccc4)nc3c12. The lowest BCUT2D eigenvalue weighted by atomic mass is 10.0. The number of carbonyl (C=O) groups excluding carboxylic acids is 4. The summed E-state index contributed by atoms with van der Waals surface area (Å²) in [7, 11) is -3.91. The van der Waals surface area contributed by atoms with E-state index < -0.39 is 68.7 Å². The molecule has 9 rings (SSSR count). The first kappa shape index (κ1) is 39.9. The molecule has 2 aromatic heterocycles. The quantitative estimate of drug-likeness (QED) is 0.198. The maximum Gasteiger partial charge on any atom is 0.408 e. The molecule has 4 fully saturated rings. The van der Waals surface area contributed by atoms with Gasteiger partial charge in [-0.05, 0) is 82.8 Å². The molecular weight excluding hydrogens is 787 g/mol. The summed E-state index contributed by atoms with van der Waals surface area (Å²) >= 11 is 0. The summed E-state index contributed by atoms with van der Waals surface area (Å²) in [4.78, 5) is 63.0. The van der Waals surface area contributed by atoms with Crippen LogP contribution in [0.25, 0.3) is 27.8 Å². The Morgan fingerprint density at radius 2 is 1.72 bits per heavy atom. The van der Waals surface area contributed by atoms with Crippen LogP contribution in [0.15, 0.2) is 66.7 Å². The highest BCUT2D eigenvalue weighted by atomic mass is 32.2. The van der Waals surface area contributed by atoms with Crippen LogP contribution in [-0.2, 0) is 29.1 Å². The lowest BCUT2D eigenvalue weighted by Crippen LogP contribution is -2.58. The van der Waals surface area contributed by atoms with Gasteiger partial charge in [0, 0.05) is 29.4 Å². The van der Waals surface area contributed by atoms with Crippen LogP contribution in [0.3, 0.4) is 0 Å². The van der Waals surface area contributed by atoms with E-state index in [9.17, 15) is 27.6 Å². The third-order valence-electron chi connectivity index (χ3n) is 12.6. The molecule has 0 bridgehead atoms. The Morgan fingerprint density at radius 1 is 0.933 bits per heavy atom. The zero-order valence-electron chi connectivity index (χ0n) is 33.7. The molecule has 2 aromatic carbocycles. The van der Waals surface area contributed by atoms with E-state index in [1.54, 1.807) is 10.6 Å². The summed E-state index contributed by atoms with van der Waals surface area (Å²) in [6.45, 7) is 1.98. The van der Waals surface area contributed by atoms with Crippen molar-refractivity contribution in [1.29, 1.82) is 0 Å². The van der Waals surface area contributed by atoms with Crippen molar-refractivity contribution in [2.45, 2.75) is 125 Å². The fraction of sp³-hybridized carbons (Fsp3) is 0.500. The zero-order valence-corrected chi connectivity index (χ0v) is 34.5. The van der Waals surface area contributed by atoms with Gasteiger partial charge in [-0.15, -0.1) is 0 Å². The predicted molar refractivity (Wildman–Crippen MR) is 222 cm³/mol. The second-order valence-electron chi connectivity index (χ2n) is 17.1. The normalized spacial score (nSPS) is 27.0. The van der Waals surface area contributed by atoms with Gasteiger partial charge in [-0.3, -0.25) is 19.1 Å². The van der Waals surface area contributed by atoms with E-state index in [-0.39, 0.29) is 25.5 Å². The minimum Gasteiger partial charge on any atom is -0.472 e. The molecule has 1 saturated heterocycles. The average Bonchev–Trinajstić information content (AvgIpc) is 4.04. The fourth-order valence-corrected chi connectivity index (χ4v) is 10.4. The molecule has 4 amide bonds. The molecule has 316 valence electrons. The van der Waals surface area contributed by atoms with Crippen LogP contribution in [0.5, 0.6) is 5.88 Å². The van der Waals surface area contributed by atoms with Gasteiger partial charge in [0.25, 0.3) is 5.91 Å². The molecule has 16 heteroatoms. The summed E-state index contributed by atoms with van der Waals surface area (Å²) in [6, 6.07) is 15.2. The van der Waals surface area contributed by atoms with E-state index >= 15 is 0 Å². The number of nitrogens with zero attached hydrogens (tertiary/aromatic N) is 4. The Balaban J connectivity index is 1.06. The first-order valence-corrected chi connectivity index (χ1v) is 22.9. The van der Waals surface area contributed by atoms with Gasteiger partial charge in [-0.25, -0.2) is 18.2 Å². The monoisotopic (exact) mass is 837 g/mol. The van der Waals surface area contributed by atoms with Gasteiger partial charge >= 0.3 is 6.09 Å². The second-order valence-corrected chi connectivity index (χ2v) is 19.0. The minimum absolute atomic E-state index is 0.0182. The molecule has 3 N–H and O–H groups in total. The maximum absolute atomic E-state index is 14.8. The third-order valence-corrected chi connectivity index (χ3v) is 14.5. The van der Waals surface area contributed by atoms with Gasteiger partial charge in [0.1, 0.15) is 29.8 Å². The molecule has 3 saturated carbocycles. The maximum atomic E-state index is 14.8. The smallest absolute Gasteiger partial charge is 0.408 e. The first-order chi connectivity index (χ1) is 29.0. The topological polar surface area (TPSA) is 190 Å². The highest BCUT2D eigenvalue weighted by Gasteiger charge is 2.62. The predicted octanol–water partition coefficient (Wildman–Crippen LogP) is 5.25. The standard InChI is InChI=1S/C44H51N7O8S/c1-27-13-12-20-33-38(27)39-45-35(28-14-6-5-7-15-28)24-37(51(39)48-33)58-31-23-36-40(52)47-44(42(54)49-60(56,57)32-21-22-32)25-29(44)16-8-3-2-4-9-19-34(41(53)50(36)26-31)46-43(55)59-30-17-10-11-18-30/h5-8,12-16,20,24,29-32,34,36H,2-4,9-11,17-19,21-23,25-26H2,1H3,(H,46,55)(H,47,52)(H,49,54)/b16-8-/t29-,31-,34+,36+,44-/m1/s1. The lowest BCUT2D eigenvalue weighted by molar-refractivity contribution is -0.141. The number of hydrogen-bond acceptors (Lipinski definition) is 10. The number of fused-ring (bicyclic) bond motifs is 5. The number of sulfonamides is 1. The van der Waals surface area contributed by atoms with Crippen molar-refractivity contribution in [2.75, 3.05) is 6.54 Å². The zero-order chi connectivity index (χ0) is 41.6. The summed E-state index contributed by atoms with van der Waals surface area (Å²) < 4.78 is 42.3. The lowest BCUT2D eigenvalue weighted by Gasteiger charge is -2.30. The van der Waals surface area contributed by atoms with Crippen LogP contribution in [0.4, 0.5) is 4.79 Å². The molecular formula is C44H51N7O8S. The van der Waals surface area contributed by atoms with Crippen molar-refractivity contribution in [2.24, 2.45) is 5.92 Å². The average molecular weight is 838 g/mol. The fourth-order valence-electron chi connectivity index (χ4n) is 9.06. The third kappa shape index (κ3) is 8.05.